The summed E-state index contributed by atoms with van der Waals surface area (Å²) in [7, 11) is 1.59. The predicted molar refractivity (Wildman–Crippen MR) is 67.3 cm³/mol. The van der Waals surface area contributed by atoms with E-state index in [2.05, 4.69) is 21.2 Å². The van der Waals surface area contributed by atoms with Crippen molar-refractivity contribution in [3.8, 4) is 0 Å². The van der Waals surface area contributed by atoms with Crippen LogP contribution >= 0.6 is 15.9 Å². The SMILES string of the molecule is COCCC(=O)NCCc1ccc(Br)cc1. The highest BCUT2D eigenvalue weighted by Gasteiger charge is 1.99. The Balaban J connectivity index is 2.20. The summed E-state index contributed by atoms with van der Waals surface area (Å²) in [4.78, 5) is 11.2. The smallest absolute Gasteiger partial charge is 0.222 e. The standard InChI is InChI=1S/C12H16BrNO2/c1-16-9-7-12(15)14-8-6-10-2-4-11(13)5-3-10/h2-5H,6-9H2,1H3,(H,14,15). The maximum atomic E-state index is 11.2. The van der Waals surface area contributed by atoms with Gasteiger partial charge in [0.2, 0.25) is 5.91 Å². The Morgan fingerprint density at radius 2 is 2.06 bits per heavy atom. The lowest BCUT2D eigenvalue weighted by molar-refractivity contribution is -0.121. The molecule has 0 aliphatic carbocycles. The molecule has 3 nitrogen and oxygen atoms in total. The Hall–Kier alpha value is -0.870. The molecular weight excluding hydrogens is 270 g/mol. The fourth-order valence-corrected chi connectivity index (χ4v) is 1.54. The number of rotatable bonds is 6. The molecule has 16 heavy (non-hydrogen) atoms. The van der Waals surface area contributed by atoms with Crippen LogP contribution in [0.2, 0.25) is 0 Å². The summed E-state index contributed by atoms with van der Waals surface area (Å²) >= 11 is 3.38. The molecule has 0 spiro atoms. The molecular formula is C12H16BrNO2. The number of nitrogens with one attached hydrogen (secondary N) is 1. The maximum Gasteiger partial charge on any atom is 0.222 e. The Morgan fingerprint density at radius 3 is 2.69 bits per heavy atom. The van der Waals surface area contributed by atoms with Crippen molar-refractivity contribution in [3.05, 3.63) is 34.3 Å². The van der Waals surface area contributed by atoms with Gasteiger partial charge < -0.3 is 10.1 Å². The van der Waals surface area contributed by atoms with Crippen molar-refractivity contribution < 1.29 is 9.53 Å². The lowest BCUT2D eigenvalue weighted by atomic mass is 10.1. The Labute approximate surface area is 104 Å². The molecule has 0 aromatic heterocycles. The van der Waals surface area contributed by atoms with Crippen LogP contribution in [0.5, 0.6) is 0 Å². The third-order valence-corrected chi connectivity index (χ3v) is 2.71. The van der Waals surface area contributed by atoms with Gasteiger partial charge in [-0.2, -0.15) is 0 Å². The molecule has 0 aliphatic rings. The van der Waals surface area contributed by atoms with Gasteiger partial charge in [-0.1, -0.05) is 28.1 Å². The molecule has 0 radical (unpaired) electrons. The van der Waals surface area contributed by atoms with Crippen molar-refractivity contribution in [1.82, 2.24) is 5.32 Å². The minimum atomic E-state index is 0.0407. The number of hydrogen-bond acceptors (Lipinski definition) is 2. The van der Waals surface area contributed by atoms with E-state index in [9.17, 15) is 4.79 Å². The third kappa shape index (κ3) is 5.28. The lowest BCUT2D eigenvalue weighted by Crippen LogP contribution is -2.26. The highest BCUT2D eigenvalue weighted by molar-refractivity contribution is 9.10. The molecule has 0 aliphatic heterocycles. The van der Waals surface area contributed by atoms with Crippen LogP contribution in [0, 0.1) is 0 Å². The number of methoxy groups -OCH3 is 1. The first-order valence-electron chi connectivity index (χ1n) is 5.22. The van der Waals surface area contributed by atoms with Gasteiger partial charge in [0.05, 0.1) is 6.61 Å². The number of ether oxygens (including phenoxy) is 1. The molecule has 0 unspecified atom stereocenters. The van der Waals surface area contributed by atoms with Crippen LogP contribution in [-0.2, 0) is 16.0 Å². The minimum Gasteiger partial charge on any atom is -0.384 e. The van der Waals surface area contributed by atoms with Gasteiger partial charge in [0, 0.05) is 24.5 Å². The van der Waals surface area contributed by atoms with Crippen LogP contribution in [0.3, 0.4) is 0 Å². The van der Waals surface area contributed by atoms with Crippen molar-refractivity contribution in [2.75, 3.05) is 20.3 Å². The third-order valence-electron chi connectivity index (χ3n) is 2.18. The number of carbonyl (C=O) groups is 1. The summed E-state index contributed by atoms with van der Waals surface area (Å²) in [5.74, 6) is 0.0407. The van der Waals surface area contributed by atoms with Crippen molar-refractivity contribution >= 4 is 21.8 Å². The van der Waals surface area contributed by atoms with E-state index in [4.69, 9.17) is 4.74 Å². The number of amides is 1. The van der Waals surface area contributed by atoms with Gasteiger partial charge in [-0.15, -0.1) is 0 Å². The zero-order chi connectivity index (χ0) is 11.8. The molecule has 1 amide bonds. The number of benzene rings is 1. The van der Waals surface area contributed by atoms with Gasteiger partial charge in [-0.25, -0.2) is 0 Å². The average Bonchev–Trinajstić information content (AvgIpc) is 2.29. The Morgan fingerprint density at radius 1 is 1.38 bits per heavy atom. The van der Waals surface area contributed by atoms with E-state index in [-0.39, 0.29) is 5.91 Å². The fraction of sp³-hybridized carbons (Fsp3) is 0.417. The molecule has 4 heteroatoms. The molecule has 0 saturated carbocycles. The summed E-state index contributed by atoms with van der Waals surface area (Å²) in [6.45, 7) is 1.15. The molecule has 0 atom stereocenters. The Kier molecular flexibility index (Phi) is 6.11. The number of hydrogen-bond donors (Lipinski definition) is 1. The second-order valence-corrected chi connectivity index (χ2v) is 4.38. The molecule has 1 rings (SSSR count). The summed E-state index contributed by atoms with van der Waals surface area (Å²) in [5, 5.41) is 2.85. The van der Waals surface area contributed by atoms with Crippen LogP contribution in [0.25, 0.3) is 0 Å². The average molecular weight is 286 g/mol. The van der Waals surface area contributed by atoms with Gasteiger partial charge in [0.15, 0.2) is 0 Å². The topological polar surface area (TPSA) is 38.3 Å². The molecule has 0 heterocycles. The van der Waals surface area contributed by atoms with E-state index in [1.165, 1.54) is 5.56 Å². The minimum absolute atomic E-state index is 0.0407. The number of carbonyl (C=O) groups excluding carboxylic acids is 1. The van der Waals surface area contributed by atoms with Gasteiger partial charge in [-0.3, -0.25) is 4.79 Å². The monoisotopic (exact) mass is 285 g/mol. The van der Waals surface area contributed by atoms with Crippen molar-refractivity contribution in [1.29, 1.82) is 0 Å². The van der Waals surface area contributed by atoms with E-state index in [1.54, 1.807) is 7.11 Å². The predicted octanol–water partition coefficient (Wildman–Crippen LogP) is 2.14. The van der Waals surface area contributed by atoms with Gasteiger partial charge in [-0.05, 0) is 24.1 Å². The van der Waals surface area contributed by atoms with Crippen LogP contribution in [0.15, 0.2) is 28.7 Å². The van der Waals surface area contributed by atoms with Gasteiger partial charge in [0.1, 0.15) is 0 Å². The Bertz CT molecular complexity index is 324. The summed E-state index contributed by atoms with van der Waals surface area (Å²) in [6, 6.07) is 8.10. The lowest BCUT2D eigenvalue weighted by Gasteiger charge is -2.05. The van der Waals surface area contributed by atoms with E-state index in [1.807, 2.05) is 24.3 Å². The quantitative estimate of drug-likeness (QED) is 0.870. The zero-order valence-electron chi connectivity index (χ0n) is 9.33. The maximum absolute atomic E-state index is 11.2. The molecule has 0 fully saturated rings. The molecule has 0 bridgehead atoms. The highest BCUT2D eigenvalue weighted by atomic mass is 79.9. The van der Waals surface area contributed by atoms with Crippen molar-refractivity contribution in [3.63, 3.8) is 0 Å². The second-order valence-electron chi connectivity index (χ2n) is 3.47. The molecule has 1 aromatic rings. The zero-order valence-corrected chi connectivity index (χ0v) is 10.9. The van der Waals surface area contributed by atoms with Crippen molar-refractivity contribution in [2.24, 2.45) is 0 Å². The van der Waals surface area contributed by atoms with E-state index in [0.29, 0.717) is 19.6 Å². The van der Waals surface area contributed by atoms with E-state index < -0.39 is 0 Å². The summed E-state index contributed by atoms with van der Waals surface area (Å²) < 4.78 is 5.89. The first-order valence-corrected chi connectivity index (χ1v) is 6.02. The molecule has 0 saturated heterocycles. The number of halogens is 1. The van der Waals surface area contributed by atoms with Crippen LogP contribution in [0.1, 0.15) is 12.0 Å². The highest BCUT2D eigenvalue weighted by Crippen LogP contribution is 2.10. The second kappa shape index (κ2) is 7.41. The van der Waals surface area contributed by atoms with Gasteiger partial charge in [0.25, 0.3) is 0 Å². The molecule has 88 valence electrons. The van der Waals surface area contributed by atoms with Crippen LogP contribution in [0.4, 0.5) is 0 Å². The first-order chi connectivity index (χ1) is 7.72. The van der Waals surface area contributed by atoms with Crippen LogP contribution < -0.4 is 5.32 Å². The largest absolute Gasteiger partial charge is 0.384 e. The normalized spacial score (nSPS) is 10.1. The summed E-state index contributed by atoms with van der Waals surface area (Å²) in [6.07, 6.45) is 1.28. The van der Waals surface area contributed by atoms with Crippen molar-refractivity contribution in [2.45, 2.75) is 12.8 Å². The molecule has 1 N–H and O–H groups in total. The summed E-state index contributed by atoms with van der Waals surface area (Å²) in [5.41, 5.74) is 1.22. The van der Waals surface area contributed by atoms with Crippen LogP contribution in [-0.4, -0.2) is 26.2 Å². The van der Waals surface area contributed by atoms with E-state index >= 15 is 0 Å². The van der Waals surface area contributed by atoms with E-state index in [0.717, 1.165) is 10.9 Å². The fourth-order valence-electron chi connectivity index (χ4n) is 1.28. The molecule has 1 aromatic carbocycles. The first kappa shape index (κ1) is 13.2. The van der Waals surface area contributed by atoms with Gasteiger partial charge >= 0.3 is 0 Å².